The standard InChI is InChI=1S/C23H23ClFN5O3S/c24-15-6-17-21-20(16(25)8-28-17)23(32,11-30(21)22(15)31)10-29-3-1-13(2-4-29)26-7-14-5-19-18(9-27-14)33-12-34-19/h5-6,8-9,13,26,32H,1-4,7,10-12H2/t23-/m1/s1. The molecule has 0 unspecified atom stereocenters. The molecule has 1 saturated heterocycles. The van der Waals surface area contributed by atoms with Gasteiger partial charge in [-0.15, -0.1) is 0 Å². The number of halogens is 2. The number of rotatable bonds is 5. The molecular formula is C23H23ClFN5O3S. The molecule has 1 atom stereocenters. The summed E-state index contributed by atoms with van der Waals surface area (Å²) in [5.41, 5.74) is -0.0960. The van der Waals surface area contributed by atoms with Crippen molar-refractivity contribution < 1.29 is 14.2 Å². The minimum absolute atomic E-state index is 0.0117. The average molecular weight is 504 g/mol. The van der Waals surface area contributed by atoms with E-state index in [4.69, 9.17) is 16.3 Å². The van der Waals surface area contributed by atoms with Gasteiger partial charge >= 0.3 is 0 Å². The van der Waals surface area contributed by atoms with Crippen molar-refractivity contribution in [1.29, 1.82) is 0 Å². The van der Waals surface area contributed by atoms with Gasteiger partial charge in [0.05, 0.1) is 46.1 Å². The summed E-state index contributed by atoms with van der Waals surface area (Å²) in [7, 11) is 0. The lowest BCUT2D eigenvalue weighted by Crippen LogP contribution is -2.48. The number of fused-ring (bicyclic) bond motifs is 1. The number of pyridine rings is 3. The zero-order valence-electron chi connectivity index (χ0n) is 18.3. The first kappa shape index (κ1) is 22.2. The maximum Gasteiger partial charge on any atom is 0.270 e. The minimum Gasteiger partial charge on any atom is -0.480 e. The third-order valence-electron chi connectivity index (χ3n) is 6.86. The van der Waals surface area contributed by atoms with Gasteiger partial charge in [0, 0.05) is 19.1 Å². The van der Waals surface area contributed by atoms with Crippen molar-refractivity contribution in [2.45, 2.75) is 42.5 Å². The molecule has 3 aromatic heterocycles. The Hall–Kier alpha value is -2.24. The second kappa shape index (κ2) is 8.46. The summed E-state index contributed by atoms with van der Waals surface area (Å²) in [5.74, 6) is 0.881. The molecule has 0 amide bonds. The number of ether oxygens (including phenoxy) is 1. The van der Waals surface area contributed by atoms with Crippen molar-refractivity contribution in [2.75, 3.05) is 25.6 Å². The van der Waals surface area contributed by atoms with E-state index in [2.05, 4.69) is 26.3 Å². The number of piperidine rings is 1. The predicted molar refractivity (Wildman–Crippen MR) is 127 cm³/mol. The molecule has 3 aliphatic heterocycles. The van der Waals surface area contributed by atoms with Crippen LogP contribution in [0.25, 0.3) is 11.0 Å². The smallest absolute Gasteiger partial charge is 0.270 e. The van der Waals surface area contributed by atoms with Gasteiger partial charge in [-0.25, -0.2) is 4.39 Å². The van der Waals surface area contributed by atoms with Gasteiger partial charge in [0.15, 0.2) is 5.75 Å². The predicted octanol–water partition coefficient (Wildman–Crippen LogP) is 2.48. The summed E-state index contributed by atoms with van der Waals surface area (Å²) in [4.78, 5) is 24.4. The highest BCUT2D eigenvalue weighted by Gasteiger charge is 2.43. The normalized spacial score (nSPS) is 22.3. The quantitative estimate of drug-likeness (QED) is 0.548. The van der Waals surface area contributed by atoms with Crippen molar-refractivity contribution in [3.8, 4) is 5.75 Å². The van der Waals surface area contributed by atoms with Gasteiger partial charge in [-0.3, -0.25) is 19.7 Å². The lowest BCUT2D eigenvalue weighted by atomic mass is 9.93. The highest BCUT2D eigenvalue weighted by molar-refractivity contribution is 7.99. The Bertz CT molecular complexity index is 1350. The fourth-order valence-electron chi connectivity index (χ4n) is 5.20. The number of thioether (sulfide) groups is 1. The summed E-state index contributed by atoms with van der Waals surface area (Å²) in [6, 6.07) is 3.83. The van der Waals surface area contributed by atoms with E-state index < -0.39 is 17.0 Å². The summed E-state index contributed by atoms with van der Waals surface area (Å²) in [6.45, 7) is 2.39. The molecule has 6 rings (SSSR count). The highest BCUT2D eigenvalue weighted by atomic mass is 35.5. The zero-order chi connectivity index (χ0) is 23.4. The Balaban J connectivity index is 1.12. The van der Waals surface area contributed by atoms with Crippen LogP contribution in [0.15, 0.2) is 34.2 Å². The third kappa shape index (κ3) is 3.77. The second-order valence-corrected chi connectivity index (χ2v) is 10.5. The summed E-state index contributed by atoms with van der Waals surface area (Å²) < 4.78 is 21.7. The molecule has 178 valence electrons. The highest BCUT2D eigenvalue weighted by Crippen LogP contribution is 2.39. The number of aliphatic hydroxyl groups is 1. The number of nitrogens with zero attached hydrogens (tertiary/aromatic N) is 4. The van der Waals surface area contributed by atoms with Crippen molar-refractivity contribution in [2.24, 2.45) is 0 Å². The van der Waals surface area contributed by atoms with Crippen molar-refractivity contribution in [3.05, 3.63) is 57.0 Å². The lowest BCUT2D eigenvalue weighted by Gasteiger charge is -2.37. The largest absolute Gasteiger partial charge is 0.480 e. The fourth-order valence-corrected chi connectivity index (χ4v) is 6.19. The van der Waals surface area contributed by atoms with Gasteiger partial charge in [0.25, 0.3) is 5.56 Å². The average Bonchev–Trinajstić information content (AvgIpc) is 3.42. The van der Waals surface area contributed by atoms with E-state index in [1.54, 1.807) is 18.0 Å². The van der Waals surface area contributed by atoms with Gasteiger partial charge in [-0.2, -0.15) is 0 Å². The second-order valence-electron chi connectivity index (χ2n) is 9.09. The van der Waals surface area contributed by atoms with Crippen molar-refractivity contribution in [1.82, 2.24) is 24.8 Å². The molecule has 34 heavy (non-hydrogen) atoms. The van der Waals surface area contributed by atoms with Gasteiger partial charge in [0.1, 0.15) is 22.4 Å². The van der Waals surface area contributed by atoms with Gasteiger partial charge in [-0.1, -0.05) is 23.4 Å². The van der Waals surface area contributed by atoms with E-state index in [1.807, 2.05) is 0 Å². The molecule has 0 radical (unpaired) electrons. The van der Waals surface area contributed by atoms with Crippen LogP contribution in [0.4, 0.5) is 4.39 Å². The minimum atomic E-state index is -1.52. The van der Waals surface area contributed by atoms with Crippen LogP contribution in [0.2, 0.25) is 5.02 Å². The van der Waals surface area contributed by atoms with E-state index in [0.29, 0.717) is 29.6 Å². The number of likely N-dealkylation sites (tertiary alicyclic amines) is 1. The van der Waals surface area contributed by atoms with Gasteiger partial charge < -0.3 is 19.7 Å². The monoisotopic (exact) mass is 503 g/mol. The number of hydrogen-bond acceptors (Lipinski definition) is 8. The first-order chi connectivity index (χ1) is 16.4. The summed E-state index contributed by atoms with van der Waals surface area (Å²) >= 11 is 7.73. The van der Waals surface area contributed by atoms with Crippen molar-refractivity contribution >= 4 is 34.4 Å². The van der Waals surface area contributed by atoms with E-state index in [9.17, 15) is 14.3 Å². The van der Waals surface area contributed by atoms with Crippen LogP contribution < -0.4 is 15.6 Å². The van der Waals surface area contributed by atoms with Crippen LogP contribution in [0.5, 0.6) is 5.75 Å². The Kier molecular flexibility index (Phi) is 5.53. The first-order valence-electron chi connectivity index (χ1n) is 11.2. The van der Waals surface area contributed by atoms with Gasteiger partial charge in [0.2, 0.25) is 0 Å². The molecule has 1 fully saturated rings. The molecule has 2 N–H and O–H groups in total. The topological polar surface area (TPSA) is 92.5 Å². The van der Waals surface area contributed by atoms with Gasteiger partial charge in [-0.05, 0) is 38.1 Å². The molecule has 3 aliphatic rings. The van der Waals surface area contributed by atoms with Crippen LogP contribution in [0, 0.1) is 5.82 Å². The number of aromatic nitrogens is 3. The van der Waals surface area contributed by atoms with Crippen molar-refractivity contribution in [3.63, 3.8) is 0 Å². The van der Waals surface area contributed by atoms with Crippen LogP contribution in [0.3, 0.4) is 0 Å². The van der Waals surface area contributed by atoms with E-state index in [1.165, 1.54) is 10.6 Å². The molecule has 11 heteroatoms. The molecule has 3 aromatic rings. The Morgan fingerprint density at radius 3 is 2.94 bits per heavy atom. The Morgan fingerprint density at radius 1 is 1.29 bits per heavy atom. The molecular weight excluding hydrogens is 481 g/mol. The molecule has 0 saturated carbocycles. The number of nitrogens with one attached hydrogen (secondary N) is 1. The lowest BCUT2D eigenvalue weighted by molar-refractivity contribution is -0.0159. The molecule has 0 bridgehead atoms. The van der Waals surface area contributed by atoms with Crippen LogP contribution in [-0.2, 0) is 18.7 Å². The van der Waals surface area contributed by atoms with Crippen LogP contribution in [-0.4, -0.2) is 56.2 Å². The zero-order valence-corrected chi connectivity index (χ0v) is 19.8. The van der Waals surface area contributed by atoms with E-state index in [0.717, 1.165) is 48.5 Å². The van der Waals surface area contributed by atoms with E-state index >= 15 is 0 Å². The first-order valence-corrected chi connectivity index (χ1v) is 12.6. The fraction of sp³-hybridized carbons (Fsp3) is 0.435. The molecule has 0 aliphatic carbocycles. The summed E-state index contributed by atoms with van der Waals surface area (Å²) in [6.07, 6.45) is 4.66. The number of β-amino-alcohol motifs (C(OH)–C–C–N with tert-alkyl or cyclic N) is 1. The number of hydrogen-bond donors (Lipinski definition) is 2. The maximum absolute atomic E-state index is 14.8. The SMILES string of the molecule is O=c1c(Cl)cc2ncc(F)c3c2n1C[C@]3(O)CN1CCC(NCc2cc3c(cn2)OCS3)CC1. The Morgan fingerprint density at radius 2 is 2.12 bits per heavy atom. The molecule has 0 spiro atoms. The Labute approximate surface area is 204 Å². The van der Waals surface area contributed by atoms with Crippen LogP contribution in [0.1, 0.15) is 24.1 Å². The van der Waals surface area contributed by atoms with Crippen LogP contribution >= 0.6 is 23.4 Å². The molecule has 8 nitrogen and oxygen atoms in total. The summed E-state index contributed by atoms with van der Waals surface area (Å²) in [5, 5.41) is 15.1. The molecule has 0 aromatic carbocycles. The maximum atomic E-state index is 14.8. The third-order valence-corrected chi connectivity index (χ3v) is 8.00. The van der Waals surface area contributed by atoms with E-state index in [-0.39, 0.29) is 23.7 Å². The molecule has 6 heterocycles.